The quantitative estimate of drug-likeness (QED) is 0.746. The number of carbonyl (C=O) groups is 2. The lowest BCUT2D eigenvalue weighted by Crippen LogP contribution is -2.07. The monoisotopic (exact) mass is 311 g/mol. The van der Waals surface area contributed by atoms with E-state index >= 15 is 0 Å². The molecule has 1 aromatic heterocycles. The van der Waals surface area contributed by atoms with Crippen LogP contribution in [0.4, 0.5) is 0 Å². The Hall–Kier alpha value is -2.82. The third-order valence-corrected chi connectivity index (χ3v) is 3.64. The summed E-state index contributed by atoms with van der Waals surface area (Å²) < 4.78 is 10.3. The molecule has 0 saturated heterocycles. The number of nitrogens with one attached hydrogen (secondary N) is 1. The summed E-state index contributed by atoms with van der Waals surface area (Å²) in [7, 11) is 0. The van der Waals surface area contributed by atoms with Crippen LogP contribution in [0.5, 0.6) is 0 Å². The lowest BCUT2D eigenvalue weighted by atomic mass is 10.0. The van der Waals surface area contributed by atoms with Crippen LogP contribution in [-0.4, -0.2) is 30.1 Å². The fourth-order valence-corrected chi connectivity index (χ4v) is 2.75. The van der Waals surface area contributed by atoms with E-state index in [1.54, 1.807) is 38.1 Å². The maximum Gasteiger partial charge on any atom is 0.338 e. The van der Waals surface area contributed by atoms with Gasteiger partial charge in [-0.15, -0.1) is 0 Å². The van der Waals surface area contributed by atoms with E-state index in [0.717, 1.165) is 11.0 Å². The van der Waals surface area contributed by atoms with Crippen molar-refractivity contribution in [2.45, 2.75) is 13.8 Å². The summed E-state index contributed by atoms with van der Waals surface area (Å²) in [5.41, 5.74) is 2.43. The van der Waals surface area contributed by atoms with E-state index in [-0.39, 0.29) is 0 Å². The molecule has 0 aliphatic rings. The average molecular weight is 311 g/mol. The SMILES string of the molecule is CCOC(=O)c1cccc2[nH]c3cccc(C(=O)OCC)c3c12. The van der Waals surface area contributed by atoms with Gasteiger partial charge in [-0.1, -0.05) is 12.1 Å². The topological polar surface area (TPSA) is 68.4 Å². The summed E-state index contributed by atoms with van der Waals surface area (Å²) in [6, 6.07) is 10.7. The van der Waals surface area contributed by atoms with Crippen molar-refractivity contribution < 1.29 is 19.1 Å². The number of aromatic amines is 1. The van der Waals surface area contributed by atoms with Crippen molar-refractivity contribution >= 4 is 33.7 Å². The molecule has 0 amide bonds. The Bertz CT molecular complexity index is 822. The van der Waals surface area contributed by atoms with Gasteiger partial charge in [-0.05, 0) is 38.1 Å². The Morgan fingerprint density at radius 3 is 1.65 bits per heavy atom. The number of benzene rings is 2. The molecule has 1 heterocycles. The second kappa shape index (κ2) is 6.12. The molecule has 118 valence electrons. The second-order valence-corrected chi connectivity index (χ2v) is 5.02. The van der Waals surface area contributed by atoms with Gasteiger partial charge in [0.05, 0.1) is 24.3 Å². The minimum Gasteiger partial charge on any atom is -0.462 e. The minimum absolute atomic E-state index is 0.294. The van der Waals surface area contributed by atoms with Gasteiger partial charge in [0.15, 0.2) is 0 Å². The fourth-order valence-electron chi connectivity index (χ4n) is 2.75. The summed E-state index contributed by atoms with van der Waals surface area (Å²) >= 11 is 0. The first kappa shape index (κ1) is 15.1. The predicted octanol–water partition coefficient (Wildman–Crippen LogP) is 3.67. The van der Waals surface area contributed by atoms with Crippen LogP contribution in [0.3, 0.4) is 0 Å². The standard InChI is InChI=1S/C18H17NO4/c1-3-22-17(20)11-7-5-9-13-15(11)16-12(18(21)23-4-2)8-6-10-14(16)19-13/h5-10,19H,3-4H2,1-2H3. The smallest absolute Gasteiger partial charge is 0.338 e. The van der Waals surface area contributed by atoms with Crippen molar-refractivity contribution in [1.29, 1.82) is 0 Å². The molecule has 0 atom stereocenters. The third-order valence-electron chi connectivity index (χ3n) is 3.64. The number of carbonyl (C=O) groups excluding carboxylic acids is 2. The first-order valence-electron chi connectivity index (χ1n) is 7.55. The van der Waals surface area contributed by atoms with E-state index in [1.807, 2.05) is 12.1 Å². The van der Waals surface area contributed by atoms with Crippen LogP contribution in [0.2, 0.25) is 0 Å². The largest absolute Gasteiger partial charge is 0.462 e. The van der Waals surface area contributed by atoms with Gasteiger partial charge in [0.2, 0.25) is 0 Å². The molecule has 2 aromatic carbocycles. The van der Waals surface area contributed by atoms with E-state index < -0.39 is 11.9 Å². The highest BCUT2D eigenvalue weighted by molar-refractivity contribution is 6.21. The lowest BCUT2D eigenvalue weighted by molar-refractivity contribution is 0.0517. The fraction of sp³-hybridized carbons (Fsp3) is 0.222. The Balaban J connectivity index is 2.34. The highest BCUT2D eigenvalue weighted by Gasteiger charge is 2.20. The number of hydrogen-bond donors (Lipinski definition) is 1. The van der Waals surface area contributed by atoms with Gasteiger partial charge in [-0.25, -0.2) is 9.59 Å². The maximum absolute atomic E-state index is 12.3. The lowest BCUT2D eigenvalue weighted by Gasteiger charge is -2.06. The zero-order chi connectivity index (χ0) is 16.4. The molecule has 0 radical (unpaired) electrons. The number of rotatable bonds is 4. The van der Waals surface area contributed by atoms with Gasteiger partial charge in [0.25, 0.3) is 0 Å². The average Bonchev–Trinajstić information content (AvgIpc) is 2.93. The predicted molar refractivity (Wildman–Crippen MR) is 87.7 cm³/mol. The molecule has 1 N–H and O–H groups in total. The van der Waals surface area contributed by atoms with Crippen LogP contribution in [-0.2, 0) is 9.47 Å². The van der Waals surface area contributed by atoms with E-state index in [2.05, 4.69) is 4.98 Å². The summed E-state index contributed by atoms with van der Waals surface area (Å²) in [6.45, 7) is 4.11. The van der Waals surface area contributed by atoms with Crippen molar-refractivity contribution in [2.24, 2.45) is 0 Å². The van der Waals surface area contributed by atoms with Crippen LogP contribution >= 0.6 is 0 Å². The van der Waals surface area contributed by atoms with Gasteiger partial charge >= 0.3 is 11.9 Å². The normalized spacial score (nSPS) is 10.9. The number of esters is 2. The van der Waals surface area contributed by atoms with E-state index in [0.29, 0.717) is 35.1 Å². The molecule has 0 saturated carbocycles. The highest BCUT2D eigenvalue weighted by atomic mass is 16.5. The van der Waals surface area contributed by atoms with Crippen molar-refractivity contribution in [3.8, 4) is 0 Å². The summed E-state index contributed by atoms with van der Waals surface area (Å²) in [5.74, 6) is -0.810. The third kappa shape index (κ3) is 2.54. The van der Waals surface area contributed by atoms with Gasteiger partial charge < -0.3 is 14.5 Å². The molecule has 0 fully saturated rings. The van der Waals surface area contributed by atoms with E-state index in [9.17, 15) is 9.59 Å². The maximum atomic E-state index is 12.3. The molecular weight excluding hydrogens is 294 g/mol. The van der Waals surface area contributed by atoms with Crippen LogP contribution < -0.4 is 0 Å². The molecule has 0 spiro atoms. The molecule has 0 unspecified atom stereocenters. The molecule has 0 aliphatic carbocycles. The Labute approximate surface area is 133 Å². The van der Waals surface area contributed by atoms with Crippen LogP contribution in [0, 0.1) is 0 Å². The number of aromatic nitrogens is 1. The van der Waals surface area contributed by atoms with Gasteiger partial charge in [-0.2, -0.15) is 0 Å². The van der Waals surface area contributed by atoms with Gasteiger partial charge in [-0.3, -0.25) is 0 Å². The van der Waals surface area contributed by atoms with Gasteiger partial charge in [0.1, 0.15) is 0 Å². The Morgan fingerprint density at radius 1 is 0.826 bits per heavy atom. The molecule has 3 rings (SSSR count). The first-order chi connectivity index (χ1) is 11.2. The summed E-state index contributed by atoms with van der Waals surface area (Å²) in [6.07, 6.45) is 0. The van der Waals surface area contributed by atoms with Crippen LogP contribution in [0.1, 0.15) is 34.6 Å². The van der Waals surface area contributed by atoms with E-state index in [4.69, 9.17) is 9.47 Å². The number of ether oxygens (including phenoxy) is 2. The van der Waals surface area contributed by atoms with Crippen LogP contribution in [0.15, 0.2) is 36.4 Å². The van der Waals surface area contributed by atoms with Crippen molar-refractivity contribution in [3.63, 3.8) is 0 Å². The summed E-state index contributed by atoms with van der Waals surface area (Å²) in [5, 5.41) is 1.37. The molecule has 0 aliphatic heterocycles. The molecule has 5 heteroatoms. The Morgan fingerprint density at radius 2 is 1.26 bits per heavy atom. The van der Waals surface area contributed by atoms with Crippen molar-refractivity contribution in [1.82, 2.24) is 4.98 Å². The zero-order valence-electron chi connectivity index (χ0n) is 13.0. The number of H-pyrrole nitrogens is 1. The van der Waals surface area contributed by atoms with E-state index in [1.165, 1.54) is 0 Å². The van der Waals surface area contributed by atoms with Crippen molar-refractivity contribution in [3.05, 3.63) is 47.5 Å². The molecular formula is C18H17NO4. The molecule has 23 heavy (non-hydrogen) atoms. The minimum atomic E-state index is -0.405. The Kier molecular flexibility index (Phi) is 4.02. The summed E-state index contributed by atoms with van der Waals surface area (Å²) in [4.78, 5) is 27.7. The number of fused-ring (bicyclic) bond motifs is 3. The van der Waals surface area contributed by atoms with Crippen LogP contribution in [0.25, 0.3) is 21.8 Å². The zero-order valence-corrected chi connectivity index (χ0v) is 13.0. The molecule has 3 aromatic rings. The molecule has 0 bridgehead atoms. The number of hydrogen-bond acceptors (Lipinski definition) is 4. The first-order valence-corrected chi connectivity index (χ1v) is 7.55. The highest BCUT2D eigenvalue weighted by Crippen LogP contribution is 2.32. The van der Waals surface area contributed by atoms with Gasteiger partial charge in [0, 0.05) is 21.8 Å². The van der Waals surface area contributed by atoms with Crippen molar-refractivity contribution in [2.75, 3.05) is 13.2 Å². The molecule has 5 nitrogen and oxygen atoms in total. The second-order valence-electron chi connectivity index (χ2n) is 5.02.